The van der Waals surface area contributed by atoms with Crippen LogP contribution in [0.5, 0.6) is 0 Å². The summed E-state index contributed by atoms with van der Waals surface area (Å²) in [5, 5.41) is 9.68. The van der Waals surface area contributed by atoms with Crippen molar-refractivity contribution in [3.63, 3.8) is 0 Å². The fraction of sp³-hybridized carbons (Fsp3) is 0.235. The number of aromatic nitrogens is 2. The largest absolute Gasteiger partial charge is 0.394 e. The fourth-order valence-corrected chi connectivity index (χ4v) is 3.17. The van der Waals surface area contributed by atoms with Crippen LogP contribution in [-0.2, 0) is 4.74 Å². The van der Waals surface area contributed by atoms with Crippen molar-refractivity contribution in [2.75, 3.05) is 25.6 Å². The zero-order chi connectivity index (χ0) is 15.2. The molecule has 3 aromatic rings. The average molecular weight is 314 g/mol. The number of hydrogen-bond acceptors (Lipinski definition) is 4. The molecule has 0 unspecified atom stereocenters. The van der Waals surface area contributed by atoms with Gasteiger partial charge in [0.2, 0.25) is 0 Å². The first-order valence-corrected chi connectivity index (χ1v) is 8.23. The minimum atomic E-state index is 0.0627. The highest BCUT2D eigenvalue weighted by molar-refractivity contribution is 7.99. The summed E-state index contributed by atoms with van der Waals surface area (Å²) in [7, 11) is 0. The molecular formula is C17H18N2O2S. The first kappa shape index (κ1) is 15.1. The monoisotopic (exact) mass is 314 g/mol. The van der Waals surface area contributed by atoms with Gasteiger partial charge >= 0.3 is 0 Å². The minimum Gasteiger partial charge on any atom is -0.394 e. The van der Waals surface area contributed by atoms with E-state index in [4.69, 9.17) is 14.8 Å². The third-order valence-electron chi connectivity index (χ3n) is 3.24. The van der Waals surface area contributed by atoms with Gasteiger partial charge in [0.25, 0.3) is 0 Å². The lowest BCUT2D eigenvalue weighted by atomic mass is 10.3. The van der Waals surface area contributed by atoms with Crippen molar-refractivity contribution in [2.45, 2.75) is 5.16 Å². The van der Waals surface area contributed by atoms with E-state index in [1.54, 1.807) is 11.8 Å². The summed E-state index contributed by atoms with van der Waals surface area (Å²) < 4.78 is 7.49. The zero-order valence-electron chi connectivity index (χ0n) is 12.2. The van der Waals surface area contributed by atoms with E-state index in [0.29, 0.717) is 13.2 Å². The zero-order valence-corrected chi connectivity index (χ0v) is 13.0. The molecule has 4 nitrogen and oxygen atoms in total. The van der Waals surface area contributed by atoms with Crippen LogP contribution < -0.4 is 0 Å². The molecule has 0 amide bonds. The molecule has 0 saturated heterocycles. The molecule has 0 aliphatic heterocycles. The van der Waals surface area contributed by atoms with E-state index in [-0.39, 0.29) is 6.61 Å². The number of imidazole rings is 1. The Morgan fingerprint density at radius 3 is 2.59 bits per heavy atom. The number of para-hydroxylation sites is 3. The molecule has 0 saturated carbocycles. The van der Waals surface area contributed by atoms with Crippen LogP contribution in [0.1, 0.15) is 0 Å². The first-order valence-electron chi connectivity index (χ1n) is 7.24. The number of ether oxygens (including phenoxy) is 1. The van der Waals surface area contributed by atoms with E-state index >= 15 is 0 Å². The van der Waals surface area contributed by atoms with Crippen LogP contribution in [-0.4, -0.2) is 40.2 Å². The number of thioether (sulfide) groups is 1. The maximum absolute atomic E-state index is 8.72. The van der Waals surface area contributed by atoms with E-state index in [2.05, 4.69) is 22.8 Å². The summed E-state index contributed by atoms with van der Waals surface area (Å²) in [6.07, 6.45) is 0. The van der Waals surface area contributed by atoms with Gasteiger partial charge in [-0.3, -0.25) is 4.57 Å². The Bertz CT molecular complexity index is 728. The molecule has 0 aliphatic carbocycles. The normalized spacial score (nSPS) is 11.1. The van der Waals surface area contributed by atoms with Gasteiger partial charge in [-0.1, -0.05) is 42.1 Å². The lowest BCUT2D eigenvalue weighted by molar-refractivity contribution is 0.103. The van der Waals surface area contributed by atoms with Gasteiger partial charge < -0.3 is 9.84 Å². The predicted octanol–water partition coefficient (Wildman–Crippen LogP) is 3.13. The lowest BCUT2D eigenvalue weighted by Gasteiger charge is -2.08. The van der Waals surface area contributed by atoms with E-state index in [1.807, 2.05) is 36.4 Å². The van der Waals surface area contributed by atoms with Crippen LogP contribution in [0.4, 0.5) is 0 Å². The Hall–Kier alpha value is -1.82. The molecule has 3 rings (SSSR count). The Balaban J connectivity index is 1.88. The van der Waals surface area contributed by atoms with Crippen LogP contribution in [0, 0.1) is 0 Å². The Kier molecular flexibility index (Phi) is 5.11. The van der Waals surface area contributed by atoms with Gasteiger partial charge in [0.05, 0.1) is 30.9 Å². The summed E-state index contributed by atoms with van der Waals surface area (Å²) in [5.74, 6) is 0.802. The predicted molar refractivity (Wildman–Crippen MR) is 89.7 cm³/mol. The molecule has 114 valence electrons. The molecule has 0 atom stereocenters. The third kappa shape index (κ3) is 3.32. The molecule has 0 aliphatic rings. The Morgan fingerprint density at radius 2 is 1.77 bits per heavy atom. The van der Waals surface area contributed by atoms with Crippen molar-refractivity contribution >= 4 is 22.8 Å². The maximum atomic E-state index is 8.72. The van der Waals surface area contributed by atoms with Crippen molar-refractivity contribution in [1.29, 1.82) is 0 Å². The highest BCUT2D eigenvalue weighted by Crippen LogP contribution is 2.27. The molecule has 0 spiro atoms. The second-order valence-corrected chi connectivity index (χ2v) is 5.80. The molecule has 1 aromatic heterocycles. The molecule has 1 heterocycles. The topological polar surface area (TPSA) is 47.3 Å². The SMILES string of the molecule is OCCOCCSc1nc2ccccc2n1-c1ccccc1. The van der Waals surface area contributed by atoms with Gasteiger partial charge in [0.15, 0.2) is 5.16 Å². The number of aliphatic hydroxyl groups excluding tert-OH is 1. The van der Waals surface area contributed by atoms with E-state index in [0.717, 1.165) is 27.6 Å². The minimum absolute atomic E-state index is 0.0627. The van der Waals surface area contributed by atoms with Crippen molar-refractivity contribution in [1.82, 2.24) is 9.55 Å². The van der Waals surface area contributed by atoms with Crippen LogP contribution in [0.15, 0.2) is 59.8 Å². The smallest absolute Gasteiger partial charge is 0.173 e. The van der Waals surface area contributed by atoms with Gasteiger partial charge in [0.1, 0.15) is 0 Å². The van der Waals surface area contributed by atoms with Gasteiger partial charge in [-0.15, -0.1) is 0 Å². The summed E-state index contributed by atoms with van der Waals surface area (Å²) in [6, 6.07) is 18.4. The average Bonchev–Trinajstić information content (AvgIpc) is 2.93. The van der Waals surface area contributed by atoms with Gasteiger partial charge in [-0.05, 0) is 24.3 Å². The van der Waals surface area contributed by atoms with Crippen LogP contribution in [0.3, 0.4) is 0 Å². The maximum Gasteiger partial charge on any atom is 0.173 e. The Labute approximate surface area is 133 Å². The second-order valence-electron chi connectivity index (χ2n) is 4.74. The van der Waals surface area contributed by atoms with Gasteiger partial charge in [-0.25, -0.2) is 4.98 Å². The number of hydrogen-bond donors (Lipinski definition) is 1. The standard InChI is InChI=1S/C17H18N2O2S/c20-10-11-21-12-13-22-17-18-15-8-4-5-9-16(15)19(17)14-6-2-1-3-7-14/h1-9,20H,10-13H2. The number of nitrogens with zero attached hydrogens (tertiary/aromatic N) is 2. The summed E-state index contributed by atoms with van der Waals surface area (Å²) >= 11 is 1.66. The van der Waals surface area contributed by atoms with Crippen LogP contribution in [0.25, 0.3) is 16.7 Å². The van der Waals surface area contributed by atoms with E-state index < -0.39 is 0 Å². The first-order chi connectivity index (χ1) is 10.9. The number of aliphatic hydroxyl groups is 1. The summed E-state index contributed by atoms with van der Waals surface area (Å²) in [6.45, 7) is 1.05. The quantitative estimate of drug-likeness (QED) is 0.538. The summed E-state index contributed by atoms with van der Waals surface area (Å²) in [5.41, 5.74) is 3.20. The van der Waals surface area contributed by atoms with E-state index in [9.17, 15) is 0 Å². The number of rotatable bonds is 7. The molecule has 5 heteroatoms. The lowest BCUT2D eigenvalue weighted by Crippen LogP contribution is -2.03. The number of fused-ring (bicyclic) bond motifs is 1. The highest BCUT2D eigenvalue weighted by atomic mass is 32.2. The molecule has 22 heavy (non-hydrogen) atoms. The van der Waals surface area contributed by atoms with E-state index in [1.165, 1.54) is 0 Å². The van der Waals surface area contributed by atoms with Gasteiger partial charge in [0, 0.05) is 11.4 Å². The second kappa shape index (κ2) is 7.45. The third-order valence-corrected chi connectivity index (χ3v) is 4.14. The van der Waals surface area contributed by atoms with Crippen molar-refractivity contribution in [3.8, 4) is 5.69 Å². The molecule has 2 aromatic carbocycles. The van der Waals surface area contributed by atoms with Crippen molar-refractivity contribution < 1.29 is 9.84 Å². The molecule has 1 N–H and O–H groups in total. The van der Waals surface area contributed by atoms with Crippen LogP contribution in [0.2, 0.25) is 0 Å². The fourth-order valence-electron chi connectivity index (χ4n) is 2.29. The summed E-state index contributed by atoms with van der Waals surface area (Å²) in [4.78, 5) is 4.73. The molecular weight excluding hydrogens is 296 g/mol. The van der Waals surface area contributed by atoms with Gasteiger partial charge in [-0.2, -0.15) is 0 Å². The Morgan fingerprint density at radius 1 is 1.00 bits per heavy atom. The highest BCUT2D eigenvalue weighted by Gasteiger charge is 2.12. The molecule has 0 radical (unpaired) electrons. The molecule has 0 bridgehead atoms. The molecule has 0 fully saturated rings. The van der Waals surface area contributed by atoms with Crippen molar-refractivity contribution in [2.24, 2.45) is 0 Å². The number of benzene rings is 2. The van der Waals surface area contributed by atoms with Crippen LogP contribution >= 0.6 is 11.8 Å². The van der Waals surface area contributed by atoms with Crippen molar-refractivity contribution in [3.05, 3.63) is 54.6 Å².